The molecule has 2 fully saturated rings. The number of rotatable bonds is 3. The first-order valence-electron chi connectivity index (χ1n) is 8.08. The molecule has 1 saturated carbocycles. The fraction of sp³-hybridized carbons (Fsp3) is 0.611. The summed E-state index contributed by atoms with van der Waals surface area (Å²) in [6.45, 7) is 4.92. The second-order valence-corrected chi connectivity index (χ2v) is 7.40. The van der Waals surface area contributed by atoms with Crippen LogP contribution in [-0.2, 0) is 10.2 Å². The normalized spacial score (nSPS) is 31.9. The van der Waals surface area contributed by atoms with Gasteiger partial charge in [0.25, 0.3) is 0 Å². The smallest absolute Gasteiger partial charge is 0.233 e. The highest BCUT2D eigenvalue weighted by atomic mass is 16.3. The molecule has 120 valence electrons. The molecule has 1 aliphatic carbocycles. The Kier molecular flexibility index (Phi) is 3.77. The van der Waals surface area contributed by atoms with Gasteiger partial charge >= 0.3 is 0 Å². The number of carbonyl (C=O) groups excluding carboxylic acids is 1. The van der Waals surface area contributed by atoms with E-state index in [0.29, 0.717) is 25.9 Å². The molecule has 4 nitrogen and oxygen atoms in total. The average molecular weight is 303 g/mol. The molecule has 1 aromatic rings. The first kappa shape index (κ1) is 15.5. The molecule has 0 bridgehead atoms. The molecule has 1 heterocycles. The van der Waals surface area contributed by atoms with E-state index in [9.17, 15) is 15.0 Å². The largest absolute Gasteiger partial charge is 0.393 e. The summed E-state index contributed by atoms with van der Waals surface area (Å²) in [7, 11) is 0. The molecule has 0 spiro atoms. The lowest BCUT2D eigenvalue weighted by Gasteiger charge is -2.46. The van der Waals surface area contributed by atoms with E-state index in [2.05, 4.69) is 0 Å². The van der Waals surface area contributed by atoms with Crippen LogP contribution in [0.3, 0.4) is 0 Å². The second kappa shape index (κ2) is 5.36. The Balaban J connectivity index is 1.81. The predicted octanol–water partition coefficient (Wildman–Crippen LogP) is 1.70. The van der Waals surface area contributed by atoms with Gasteiger partial charge in [0.1, 0.15) is 0 Å². The number of aliphatic hydroxyl groups is 2. The SMILES string of the molecule is CC(C)(O)C1CCN(C(=O)C2(c3ccccc3)CC(O)C2)C1. The van der Waals surface area contributed by atoms with Crippen LogP contribution in [0.4, 0.5) is 0 Å². The molecule has 0 aromatic heterocycles. The second-order valence-electron chi connectivity index (χ2n) is 7.40. The highest BCUT2D eigenvalue weighted by Gasteiger charge is 2.53. The molecule has 1 unspecified atom stereocenters. The summed E-state index contributed by atoms with van der Waals surface area (Å²) in [5.41, 5.74) is -0.333. The fourth-order valence-corrected chi connectivity index (χ4v) is 3.86. The quantitative estimate of drug-likeness (QED) is 0.893. The molecule has 1 atom stereocenters. The number of hydrogen-bond acceptors (Lipinski definition) is 3. The van der Waals surface area contributed by atoms with E-state index in [1.54, 1.807) is 0 Å². The monoisotopic (exact) mass is 303 g/mol. The van der Waals surface area contributed by atoms with Crippen molar-refractivity contribution in [3.8, 4) is 0 Å². The van der Waals surface area contributed by atoms with Gasteiger partial charge in [-0.1, -0.05) is 30.3 Å². The van der Waals surface area contributed by atoms with E-state index in [0.717, 1.165) is 12.0 Å². The zero-order valence-corrected chi connectivity index (χ0v) is 13.3. The number of aliphatic hydroxyl groups excluding tert-OH is 1. The first-order valence-corrected chi connectivity index (χ1v) is 8.08. The Bertz CT molecular complexity index is 543. The molecule has 1 saturated heterocycles. The number of hydrogen-bond donors (Lipinski definition) is 2. The summed E-state index contributed by atoms with van der Waals surface area (Å²) in [5.74, 6) is 0.227. The number of nitrogens with zero attached hydrogens (tertiary/aromatic N) is 1. The molecule has 22 heavy (non-hydrogen) atoms. The van der Waals surface area contributed by atoms with Crippen LogP contribution in [0.15, 0.2) is 30.3 Å². The molecule has 1 aromatic carbocycles. The minimum atomic E-state index is -0.756. The topological polar surface area (TPSA) is 60.8 Å². The lowest BCUT2D eigenvalue weighted by Crippen LogP contribution is -2.56. The molecule has 2 N–H and O–H groups in total. The highest BCUT2D eigenvalue weighted by Crippen LogP contribution is 2.46. The van der Waals surface area contributed by atoms with Crippen LogP contribution in [0.5, 0.6) is 0 Å². The van der Waals surface area contributed by atoms with Crippen molar-refractivity contribution in [3.63, 3.8) is 0 Å². The summed E-state index contributed by atoms with van der Waals surface area (Å²) in [5, 5.41) is 20.0. The Morgan fingerprint density at radius 2 is 1.91 bits per heavy atom. The molecule has 0 radical (unpaired) electrons. The van der Waals surface area contributed by atoms with Gasteiger partial charge in [-0.3, -0.25) is 4.79 Å². The van der Waals surface area contributed by atoms with Crippen LogP contribution < -0.4 is 0 Å². The summed E-state index contributed by atoms with van der Waals surface area (Å²) < 4.78 is 0. The maximum absolute atomic E-state index is 13.1. The predicted molar refractivity (Wildman–Crippen MR) is 84.3 cm³/mol. The van der Waals surface area contributed by atoms with Crippen molar-refractivity contribution in [2.75, 3.05) is 13.1 Å². The third kappa shape index (κ3) is 2.55. The highest BCUT2D eigenvalue weighted by molar-refractivity contribution is 5.90. The van der Waals surface area contributed by atoms with Crippen LogP contribution in [-0.4, -0.2) is 45.8 Å². The van der Waals surface area contributed by atoms with Gasteiger partial charge in [0.05, 0.1) is 17.1 Å². The maximum Gasteiger partial charge on any atom is 0.233 e. The van der Waals surface area contributed by atoms with Crippen molar-refractivity contribution < 1.29 is 15.0 Å². The Morgan fingerprint density at radius 3 is 2.41 bits per heavy atom. The van der Waals surface area contributed by atoms with Gasteiger partial charge in [-0.05, 0) is 38.7 Å². The Labute approximate surface area is 131 Å². The van der Waals surface area contributed by atoms with Gasteiger partial charge in [0.15, 0.2) is 0 Å². The molecular formula is C18H25NO3. The van der Waals surface area contributed by atoms with E-state index in [-0.39, 0.29) is 11.8 Å². The third-order valence-electron chi connectivity index (χ3n) is 5.38. The lowest BCUT2D eigenvalue weighted by atomic mass is 9.62. The number of carbonyl (C=O) groups is 1. The van der Waals surface area contributed by atoms with E-state index in [1.807, 2.05) is 49.1 Å². The maximum atomic E-state index is 13.1. The van der Waals surface area contributed by atoms with E-state index < -0.39 is 17.1 Å². The van der Waals surface area contributed by atoms with Crippen molar-refractivity contribution >= 4 is 5.91 Å². The molecule has 1 amide bonds. The van der Waals surface area contributed by atoms with Crippen LogP contribution in [0.1, 0.15) is 38.7 Å². The van der Waals surface area contributed by atoms with Gasteiger partial charge in [-0.15, -0.1) is 0 Å². The van der Waals surface area contributed by atoms with Gasteiger partial charge < -0.3 is 15.1 Å². The van der Waals surface area contributed by atoms with Crippen molar-refractivity contribution in [1.29, 1.82) is 0 Å². The van der Waals surface area contributed by atoms with Crippen LogP contribution in [0.25, 0.3) is 0 Å². The molecule has 3 rings (SSSR count). The van der Waals surface area contributed by atoms with Gasteiger partial charge in [0, 0.05) is 19.0 Å². The molecule has 4 heteroatoms. The van der Waals surface area contributed by atoms with Crippen molar-refractivity contribution in [3.05, 3.63) is 35.9 Å². The van der Waals surface area contributed by atoms with Crippen molar-refractivity contribution in [1.82, 2.24) is 4.90 Å². The van der Waals surface area contributed by atoms with Gasteiger partial charge in [-0.2, -0.15) is 0 Å². The Morgan fingerprint density at radius 1 is 1.27 bits per heavy atom. The van der Waals surface area contributed by atoms with Crippen LogP contribution in [0.2, 0.25) is 0 Å². The molecule has 2 aliphatic rings. The van der Waals surface area contributed by atoms with Crippen LogP contribution >= 0.6 is 0 Å². The van der Waals surface area contributed by atoms with Crippen LogP contribution in [0, 0.1) is 5.92 Å². The zero-order valence-electron chi connectivity index (χ0n) is 13.3. The van der Waals surface area contributed by atoms with Gasteiger partial charge in [-0.25, -0.2) is 0 Å². The number of amides is 1. The molecule has 1 aliphatic heterocycles. The molecular weight excluding hydrogens is 278 g/mol. The van der Waals surface area contributed by atoms with E-state index in [1.165, 1.54) is 0 Å². The Hall–Kier alpha value is -1.39. The number of likely N-dealkylation sites (tertiary alicyclic amines) is 1. The van der Waals surface area contributed by atoms with E-state index >= 15 is 0 Å². The average Bonchev–Trinajstić information content (AvgIpc) is 2.93. The summed E-state index contributed by atoms with van der Waals surface area (Å²) in [6, 6.07) is 9.79. The van der Waals surface area contributed by atoms with Crippen molar-refractivity contribution in [2.24, 2.45) is 5.92 Å². The van der Waals surface area contributed by atoms with E-state index in [4.69, 9.17) is 0 Å². The standard InChI is InChI=1S/C18H25NO3/c1-17(2,22)14-8-9-19(12-14)16(21)18(10-15(20)11-18)13-6-4-3-5-7-13/h3-7,14-15,20,22H,8-12H2,1-2H3. The minimum Gasteiger partial charge on any atom is -0.393 e. The van der Waals surface area contributed by atoms with Gasteiger partial charge in [0.2, 0.25) is 5.91 Å². The summed E-state index contributed by atoms with van der Waals surface area (Å²) in [4.78, 5) is 15.0. The zero-order chi connectivity index (χ0) is 16.0. The minimum absolute atomic E-state index is 0.107. The number of benzene rings is 1. The summed E-state index contributed by atoms with van der Waals surface area (Å²) in [6.07, 6.45) is 1.44. The fourth-order valence-electron chi connectivity index (χ4n) is 3.86. The third-order valence-corrected chi connectivity index (χ3v) is 5.38. The lowest BCUT2D eigenvalue weighted by molar-refractivity contribution is -0.145. The summed E-state index contributed by atoms with van der Waals surface area (Å²) >= 11 is 0. The first-order chi connectivity index (χ1) is 10.3. The van der Waals surface area contributed by atoms with Crippen molar-refractivity contribution in [2.45, 2.75) is 50.2 Å².